The minimum absolute atomic E-state index is 0.109. The molecule has 3 rings (SSSR count). The second-order valence-electron chi connectivity index (χ2n) is 8.74. The first-order chi connectivity index (χ1) is 15.7. The van der Waals surface area contributed by atoms with Gasteiger partial charge in [-0.05, 0) is 63.9 Å². The molecule has 0 atom stereocenters. The number of ether oxygens (including phenoxy) is 1. The number of rotatable bonds is 9. The Balaban J connectivity index is 1.76. The number of sulfonamides is 1. The molecule has 8 nitrogen and oxygen atoms in total. The third-order valence-corrected chi connectivity index (χ3v) is 7.77. The minimum atomic E-state index is -3.64. The summed E-state index contributed by atoms with van der Waals surface area (Å²) in [6.45, 7) is 7.57. The molecule has 1 amide bonds. The summed E-state index contributed by atoms with van der Waals surface area (Å²) in [5, 5.41) is 2.85. The molecule has 1 N–H and O–H groups in total. The number of aryl methyl sites for hydroxylation is 1. The summed E-state index contributed by atoms with van der Waals surface area (Å²) in [5.74, 6) is 1.77. The third-order valence-electron chi connectivity index (χ3n) is 5.88. The number of carbonyl (C=O) groups excluding carboxylic acids is 1. The second kappa shape index (κ2) is 11.2. The fraction of sp³-hybridized carbons (Fsp3) is 0.542. The van der Waals surface area contributed by atoms with E-state index < -0.39 is 10.0 Å². The first-order valence-corrected chi connectivity index (χ1v) is 12.9. The van der Waals surface area contributed by atoms with E-state index in [-0.39, 0.29) is 23.4 Å². The van der Waals surface area contributed by atoms with E-state index in [1.54, 1.807) is 10.4 Å². The number of hydrogen-bond donors (Lipinski definition) is 1. The van der Waals surface area contributed by atoms with Crippen LogP contribution in [-0.2, 0) is 21.4 Å². The van der Waals surface area contributed by atoms with Crippen LogP contribution in [0.15, 0.2) is 39.6 Å². The van der Waals surface area contributed by atoms with Gasteiger partial charge in [0.05, 0.1) is 30.8 Å². The molecular weight excluding hydrogens is 442 g/mol. The average molecular weight is 478 g/mol. The Morgan fingerprint density at radius 3 is 2.42 bits per heavy atom. The predicted molar refractivity (Wildman–Crippen MR) is 128 cm³/mol. The number of anilines is 1. The van der Waals surface area contributed by atoms with Gasteiger partial charge in [-0.15, -0.1) is 0 Å². The summed E-state index contributed by atoms with van der Waals surface area (Å²) in [5.41, 5.74) is 0.343. The monoisotopic (exact) mass is 477 g/mol. The molecule has 33 heavy (non-hydrogen) atoms. The Kier molecular flexibility index (Phi) is 8.56. The second-order valence-corrected chi connectivity index (χ2v) is 10.7. The predicted octanol–water partition coefficient (Wildman–Crippen LogP) is 4.01. The number of nitrogens with one attached hydrogen (secondary N) is 1. The molecule has 1 aliphatic rings. The van der Waals surface area contributed by atoms with Crippen molar-refractivity contribution in [1.29, 1.82) is 0 Å². The summed E-state index contributed by atoms with van der Waals surface area (Å²) in [7, 11) is -2.15. The number of benzene rings is 1. The number of methoxy groups -OCH3 is 1. The van der Waals surface area contributed by atoms with Gasteiger partial charge in [0.1, 0.15) is 17.3 Å². The highest BCUT2D eigenvalue weighted by Crippen LogP contribution is 2.30. The number of hydrogen-bond acceptors (Lipinski definition) is 6. The van der Waals surface area contributed by atoms with Gasteiger partial charge in [0, 0.05) is 19.1 Å². The summed E-state index contributed by atoms with van der Waals surface area (Å²) in [6, 6.07) is 8.53. The van der Waals surface area contributed by atoms with Crippen LogP contribution in [0.25, 0.3) is 0 Å². The lowest BCUT2D eigenvalue weighted by Gasteiger charge is -2.25. The van der Waals surface area contributed by atoms with Crippen molar-refractivity contribution in [2.75, 3.05) is 32.1 Å². The molecule has 0 saturated carbocycles. The van der Waals surface area contributed by atoms with Crippen molar-refractivity contribution in [2.24, 2.45) is 0 Å². The van der Waals surface area contributed by atoms with Gasteiger partial charge < -0.3 is 14.5 Å². The van der Waals surface area contributed by atoms with E-state index in [9.17, 15) is 13.2 Å². The van der Waals surface area contributed by atoms with Crippen LogP contribution >= 0.6 is 0 Å². The molecule has 0 unspecified atom stereocenters. The van der Waals surface area contributed by atoms with Gasteiger partial charge in [0.25, 0.3) is 0 Å². The zero-order valence-corrected chi connectivity index (χ0v) is 20.8. The molecule has 182 valence electrons. The molecule has 1 fully saturated rings. The Labute approximate surface area is 196 Å². The highest BCUT2D eigenvalue weighted by Gasteiger charge is 2.26. The fourth-order valence-electron chi connectivity index (χ4n) is 3.94. The van der Waals surface area contributed by atoms with Gasteiger partial charge in [0.2, 0.25) is 15.9 Å². The van der Waals surface area contributed by atoms with Gasteiger partial charge in [-0.2, -0.15) is 4.31 Å². The van der Waals surface area contributed by atoms with Crippen molar-refractivity contribution in [3.8, 4) is 5.75 Å². The van der Waals surface area contributed by atoms with E-state index in [2.05, 4.69) is 5.32 Å². The van der Waals surface area contributed by atoms with E-state index in [1.807, 2.05) is 37.8 Å². The summed E-state index contributed by atoms with van der Waals surface area (Å²) in [6.07, 6.45) is 3.80. The van der Waals surface area contributed by atoms with E-state index >= 15 is 0 Å². The van der Waals surface area contributed by atoms with Crippen molar-refractivity contribution in [3.05, 3.63) is 41.9 Å². The third kappa shape index (κ3) is 6.59. The van der Waals surface area contributed by atoms with Crippen LogP contribution in [0.4, 0.5) is 5.69 Å². The maximum atomic E-state index is 13.2. The normalized spacial score (nSPS) is 15.6. The van der Waals surface area contributed by atoms with E-state index in [1.165, 1.54) is 19.2 Å². The lowest BCUT2D eigenvalue weighted by Crippen LogP contribution is -2.37. The van der Waals surface area contributed by atoms with Crippen molar-refractivity contribution < 1.29 is 22.4 Å². The van der Waals surface area contributed by atoms with Gasteiger partial charge >= 0.3 is 0 Å². The molecule has 1 saturated heterocycles. The average Bonchev–Trinajstić information content (AvgIpc) is 3.00. The lowest BCUT2D eigenvalue weighted by molar-refractivity contribution is -0.117. The molecule has 1 aliphatic heterocycles. The van der Waals surface area contributed by atoms with Crippen molar-refractivity contribution in [3.63, 3.8) is 0 Å². The Morgan fingerprint density at radius 1 is 1.15 bits per heavy atom. The molecule has 0 spiro atoms. The van der Waals surface area contributed by atoms with Crippen LogP contribution in [0.1, 0.15) is 51.1 Å². The zero-order chi connectivity index (χ0) is 24.0. The van der Waals surface area contributed by atoms with Crippen LogP contribution < -0.4 is 10.1 Å². The number of furan rings is 1. The summed E-state index contributed by atoms with van der Waals surface area (Å²) >= 11 is 0. The molecule has 0 radical (unpaired) electrons. The van der Waals surface area contributed by atoms with E-state index in [4.69, 9.17) is 9.15 Å². The maximum Gasteiger partial charge on any atom is 0.243 e. The molecule has 0 aliphatic carbocycles. The largest absolute Gasteiger partial charge is 0.495 e. The minimum Gasteiger partial charge on any atom is -0.495 e. The van der Waals surface area contributed by atoms with Crippen LogP contribution in [0, 0.1) is 6.92 Å². The van der Waals surface area contributed by atoms with Gasteiger partial charge in [-0.3, -0.25) is 9.69 Å². The zero-order valence-electron chi connectivity index (χ0n) is 20.0. The standard InChI is InChI=1S/C24H35N3O5S/c1-18(2)26(16-20-10-9-19(3)32-20)17-24(28)25-22-15-21(11-12-23(22)31-4)33(29,30)27-13-7-5-6-8-14-27/h9-12,15,18H,5-8,13-14,16-17H2,1-4H3,(H,25,28). The van der Waals surface area contributed by atoms with Gasteiger partial charge in [0.15, 0.2) is 0 Å². The summed E-state index contributed by atoms with van der Waals surface area (Å²) < 4.78 is 39.0. The van der Waals surface area contributed by atoms with Crippen LogP contribution in [-0.4, -0.2) is 56.3 Å². The maximum absolute atomic E-state index is 13.2. The molecule has 9 heteroatoms. The van der Waals surface area contributed by atoms with Crippen LogP contribution in [0.2, 0.25) is 0 Å². The van der Waals surface area contributed by atoms with Crippen molar-refractivity contribution in [2.45, 2.75) is 63.9 Å². The molecule has 0 bridgehead atoms. The van der Waals surface area contributed by atoms with E-state index in [0.717, 1.165) is 37.2 Å². The topological polar surface area (TPSA) is 92.1 Å². The molecule has 1 aromatic heterocycles. The fourth-order valence-corrected chi connectivity index (χ4v) is 5.49. The number of nitrogens with zero attached hydrogens (tertiary/aromatic N) is 2. The SMILES string of the molecule is COc1ccc(S(=O)(=O)N2CCCCCC2)cc1NC(=O)CN(Cc1ccc(C)o1)C(C)C. The Bertz CT molecular complexity index is 1040. The molecule has 2 heterocycles. The molecule has 2 aromatic rings. The first kappa shape index (κ1) is 25.3. The molecule has 1 aromatic carbocycles. The smallest absolute Gasteiger partial charge is 0.243 e. The molecular formula is C24H35N3O5S. The number of carbonyl (C=O) groups is 1. The first-order valence-electron chi connectivity index (χ1n) is 11.5. The Hall–Kier alpha value is -2.36. The van der Waals surface area contributed by atoms with E-state index in [0.29, 0.717) is 31.1 Å². The summed E-state index contributed by atoms with van der Waals surface area (Å²) in [4.78, 5) is 15.0. The van der Waals surface area contributed by atoms with Crippen molar-refractivity contribution >= 4 is 21.6 Å². The number of amides is 1. The highest BCUT2D eigenvalue weighted by molar-refractivity contribution is 7.89. The van der Waals surface area contributed by atoms with Crippen LogP contribution in [0.5, 0.6) is 5.75 Å². The van der Waals surface area contributed by atoms with Crippen molar-refractivity contribution in [1.82, 2.24) is 9.21 Å². The quantitative estimate of drug-likeness (QED) is 0.587. The van der Waals surface area contributed by atoms with Crippen LogP contribution in [0.3, 0.4) is 0 Å². The van der Waals surface area contributed by atoms with Gasteiger partial charge in [-0.25, -0.2) is 8.42 Å². The lowest BCUT2D eigenvalue weighted by atomic mass is 10.2. The van der Waals surface area contributed by atoms with Gasteiger partial charge in [-0.1, -0.05) is 12.8 Å². The Morgan fingerprint density at radius 2 is 1.85 bits per heavy atom. The highest BCUT2D eigenvalue weighted by atomic mass is 32.2.